The molecule has 0 saturated carbocycles. The molecule has 3 fully saturated rings. The predicted molar refractivity (Wildman–Crippen MR) is 64.1 cm³/mol. The van der Waals surface area contributed by atoms with E-state index in [1.54, 1.807) is 12.1 Å². The summed E-state index contributed by atoms with van der Waals surface area (Å²) in [6.45, 7) is 4.04. The zero-order valence-electron chi connectivity index (χ0n) is 9.94. The molecule has 92 valence electrons. The number of ether oxygens (including phenoxy) is 1. The minimum Gasteiger partial charge on any atom is -0.372 e. The van der Waals surface area contributed by atoms with Gasteiger partial charge in [0.05, 0.1) is 12.7 Å². The molecule has 0 amide bonds. The maximum atomic E-state index is 13.0. The fourth-order valence-corrected chi connectivity index (χ4v) is 2.93. The van der Waals surface area contributed by atoms with Crippen LogP contribution < -0.4 is 0 Å². The average molecular weight is 235 g/mol. The van der Waals surface area contributed by atoms with Gasteiger partial charge in [-0.2, -0.15) is 0 Å². The Morgan fingerprint density at radius 3 is 2.76 bits per heavy atom. The topological polar surface area (TPSA) is 12.5 Å². The van der Waals surface area contributed by atoms with Crippen LogP contribution in [0, 0.1) is 11.7 Å². The van der Waals surface area contributed by atoms with E-state index < -0.39 is 0 Å². The van der Waals surface area contributed by atoms with Crippen molar-refractivity contribution in [2.45, 2.75) is 25.6 Å². The first-order valence-electron chi connectivity index (χ1n) is 6.40. The van der Waals surface area contributed by atoms with Crippen LogP contribution >= 0.6 is 0 Å². The molecule has 3 aliphatic rings. The molecule has 1 unspecified atom stereocenters. The van der Waals surface area contributed by atoms with E-state index in [9.17, 15) is 4.39 Å². The monoisotopic (exact) mass is 235 g/mol. The van der Waals surface area contributed by atoms with E-state index in [1.165, 1.54) is 32.0 Å². The van der Waals surface area contributed by atoms with Crippen molar-refractivity contribution in [1.29, 1.82) is 0 Å². The highest BCUT2D eigenvalue weighted by molar-refractivity contribution is 5.15. The Balaban J connectivity index is 1.57. The Morgan fingerprint density at radius 1 is 1.29 bits per heavy atom. The van der Waals surface area contributed by atoms with Gasteiger partial charge in [-0.3, -0.25) is 0 Å². The summed E-state index contributed by atoms with van der Waals surface area (Å²) in [6, 6.07) is 6.69. The summed E-state index contributed by atoms with van der Waals surface area (Å²) in [6.07, 6.45) is 2.86. The Morgan fingerprint density at radius 2 is 2.12 bits per heavy atom. The van der Waals surface area contributed by atoms with Crippen molar-refractivity contribution in [3.8, 4) is 0 Å². The molecule has 17 heavy (non-hydrogen) atoms. The van der Waals surface area contributed by atoms with E-state index in [4.69, 9.17) is 4.74 Å². The molecule has 0 aromatic heterocycles. The summed E-state index contributed by atoms with van der Waals surface area (Å²) in [5.74, 6) is 0.536. The summed E-state index contributed by atoms with van der Waals surface area (Å²) in [4.78, 5) is 2.47. The number of hydrogen-bond donors (Lipinski definition) is 0. The van der Waals surface area contributed by atoms with Gasteiger partial charge in [0.15, 0.2) is 0 Å². The fourth-order valence-electron chi connectivity index (χ4n) is 2.93. The molecule has 2 bridgehead atoms. The normalized spacial score (nSPS) is 31.7. The van der Waals surface area contributed by atoms with Gasteiger partial charge in [0.1, 0.15) is 5.82 Å². The van der Waals surface area contributed by atoms with Gasteiger partial charge in [-0.05, 0) is 49.5 Å². The Labute approximate surface area is 101 Å². The lowest BCUT2D eigenvalue weighted by Crippen LogP contribution is -2.51. The van der Waals surface area contributed by atoms with E-state index in [-0.39, 0.29) is 5.82 Å². The number of fused-ring (bicyclic) bond motifs is 3. The molecule has 0 N–H and O–H groups in total. The molecular formula is C14H18FNO. The molecule has 0 radical (unpaired) electrons. The van der Waals surface area contributed by atoms with E-state index >= 15 is 0 Å². The zero-order valence-corrected chi connectivity index (χ0v) is 9.94. The molecule has 1 atom stereocenters. The van der Waals surface area contributed by atoms with Gasteiger partial charge in [0, 0.05) is 6.54 Å². The Bertz CT molecular complexity index is 388. The number of nitrogens with zero attached hydrogens (tertiary/aromatic N) is 1. The maximum absolute atomic E-state index is 13.0. The molecule has 0 aliphatic carbocycles. The van der Waals surface area contributed by atoms with Crippen molar-refractivity contribution in [2.75, 3.05) is 19.6 Å². The number of rotatable bonds is 3. The van der Waals surface area contributed by atoms with Crippen molar-refractivity contribution >= 4 is 0 Å². The molecule has 3 heterocycles. The van der Waals surface area contributed by atoms with Crippen molar-refractivity contribution in [2.24, 2.45) is 5.92 Å². The lowest BCUT2D eigenvalue weighted by molar-refractivity contribution is -0.0766. The van der Waals surface area contributed by atoms with Gasteiger partial charge in [-0.15, -0.1) is 0 Å². The van der Waals surface area contributed by atoms with Gasteiger partial charge in [0.25, 0.3) is 0 Å². The van der Waals surface area contributed by atoms with Crippen LogP contribution in [0.3, 0.4) is 0 Å². The molecule has 1 aromatic carbocycles. The summed E-state index contributed by atoms with van der Waals surface area (Å²) in [5, 5.41) is 0. The van der Waals surface area contributed by atoms with E-state index in [2.05, 4.69) is 4.90 Å². The second-order valence-corrected chi connectivity index (χ2v) is 5.12. The first-order valence-corrected chi connectivity index (χ1v) is 6.40. The number of hydrogen-bond acceptors (Lipinski definition) is 2. The number of piperidine rings is 3. The Kier molecular flexibility index (Phi) is 3.12. The van der Waals surface area contributed by atoms with Gasteiger partial charge in [-0.25, -0.2) is 4.39 Å². The van der Waals surface area contributed by atoms with Crippen LogP contribution in [0.2, 0.25) is 0 Å². The van der Waals surface area contributed by atoms with Gasteiger partial charge < -0.3 is 9.64 Å². The third kappa shape index (κ3) is 2.50. The molecule has 2 nitrogen and oxygen atoms in total. The first-order chi connectivity index (χ1) is 8.31. The minimum absolute atomic E-state index is 0.181. The summed E-state index contributed by atoms with van der Waals surface area (Å²) < 4.78 is 19.0. The zero-order chi connectivity index (χ0) is 11.7. The predicted octanol–water partition coefficient (Wildman–Crippen LogP) is 2.44. The lowest BCUT2D eigenvalue weighted by atomic mass is 9.86. The summed E-state index contributed by atoms with van der Waals surface area (Å²) in [7, 11) is 0. The number of halogens is 1. The third-order valence-corrected chi connectivity index (χ3v) is 3.95. The van der Waals surface area contributed by atoms with Crippen molar-refractivity contribution in [1.82, 2.24) is 4.90 Å². The average Bonchev–Trinajstić information content (AvgIpc) is 2.38. The summed E-state index contributed by atoms with van der Waals surface area (Å²) in [5.41, 5.74) is 0.932. The third-order valence-electron chi connectivity index (χ3n) is 3.95. The highest BCUT2D eigenvalue weighted by atomic mass is 19.1. The van der Waals surface area contributed by atoms with E-state index in [0.717, 1.165) is 12.1 Å². The van der Waals surface area contributed by atoms with Crippen LogP contribution in [0.5, 0.6) is 0 Å². The van der Waals surface area contributed by atoms with Crippen LogP contribution in [-0.2, 0) is 11.3 Å². The Hall–Kier alpha value is -0.930. The first kappa shape index (κ1) is 11.2. The molecule has 3 aliphatic heterocycles. The van der Waals surface area contributed by atoms with E-state index in [1.807, 2.05) is 6.07 Å². The molecule has 0 spiro atoms. The van der Waals surface area contributed by atoms with Gasteiger partial charge >= 0.3 is 0 Å². The van der Waals surface area contributed by atoms with Crippen LogP contribution in [0.15, 0.2) is 24.3 Å². The molecule has 3 saturated heterocycles. The standard InChI is InChI=1S/C14H18FNO/c15-13-3-1-2-11(8-13)10-17-14-9-16-6-4-12(14)5-7-16/h1-3,8,12,14H,4-7,9-10H2. The number of benzene rings is 1. The van der Waals surface area contributed by atoms with Crippen LogP contribution in [0.25, 0.3) is 0 Å². The van der Waals surface area contributed by atoms with Crippen LogP contribution in [0.4, 0.5) is 4.39 Å². The highest BCUT2D eigenvalue weighted by Crippen LogP contribution is 2.30. The largest absolute Gasteiger partial charge is 0.372 e. The maximum Gasteiger partial charge on any atom is 0.123 e. The van der Waals surface area contributed by atoms with Crippen molar-refractivity contribution in [3.63, 3.8) is 0 Å². The molecule has 3 heteroatoms. The molecule has 4 rings (SSSR count). The van der Waals surface area contributed by atoms with Crippen molar-refractivity contribution in [3.05, 3.63) is 35.6 Å². The quantitative estimate of drug-likeness (QED) is 0.798. The van der Waals surface area contributed by atoms with Crippen LogP contribution in [0.1, 0.15) is 18.4 Å². The lowest BCUT2D eigenvalue weighted by Gasteiger charge is -2.44. The highest BCUT2D eigenvalue weighted by Gasteiger charge is 2.34. The summed E-state index contributed by atoms with van der Waals surface area (Å²) >= 11 is 0. The minimum atomic E-state index is -0.181. The second kappa shape index (κ2) is 4.75. The SMILES string of the molecule is Fc1cccc(COC2CN3CCC2CC3)c1. The molecular weight excluding hydrogens is 217 g/mol. The van der Waals surface area contributed by atoms with Gasteiger partial charge in [-0.1, -0.05) is 12.1 Å². The smallest absolute Gasteiger partial charge is 0.123 e. The van der Waals surface area contributed by atoms with Crippen LogP contribution in [-0.4, -0.2) is 30.6 Å². The van der Waals surface area contributed by atoms with Gasteiger partial charge in [0.2, 0.25) is 0 Å². The van der Waals surface area contributed by atoms with Crippen molar-refractivity contribution < 1.29 is 9.13 Å². The van der Waals surface area contributed by atoms with E-state index in [0.29, 0.717) is 18.6 Å². The molecule has 1 aromatic rings. The second-order valence-electron chi connectivity index (χ2n) is 5.12. The fraction of sp³-hybridized carbons (Fsp3) is 0.571.